The highest BCUT2D eigenvalue weighted by Gasteiger charge is 2.26. The Morgan fingerprint density at radius 2 is 0.667 bits per heavy atom. The van der Waals surface area contributed by atoms with Gasteiger partial charge in [-0.1, -0.05) is 97.8 Å². The fraction of sp³-hybridized carbons (Fsp3) is 0.889. The Hall–Kier alpha value is -1.71. The Morgan fingerprint density at radius 3 is 0.889 bits per heavy atom. The van der Waals surface area contributed by atoms with Crippen molar-refractivity contribution in [2.24, 2.45) is 0 Å². The molecule has 0 aliphatic rings. The van der Waals surface area contributed by atoms with E-state index in [0.29, 0.717) is 33.0 Å². The molecule has 1 aromatic rings. The second-order valence-corrected chi connectivity index (χ2v) is 10.0. The van der Waals surface area contributed by atoms with Crippen LogP contribution < -0.4 is 17.1 Å². The predicted molar refractivity (Wildman–Crippen MR) is 143 cm³/mol. The zero-order chi connectivity index (χ0) is 26.9. The third kappa shape index (κ3) is 10.3. The van der Waals surface area contributed by atoms with Crippen LogP contribution in [0.3, 0.4) is 0 Å². The number of unbranched alkanes of at least 4 members (excludes halogenated alkanes) is 12. The SMILES string of the molecule is CCCCCCCC(O)n1c(=O)n(C(O)CCCCCCC)c(=O)n(C(O)CCCCCCC)c1=O. The Bertz CT molecular complexity index is 746. The Labute approximate surface area is 215 Å². The Morgan fingerprint density at radius 1 is 0.444 bits per heavy atom. The molecular weight excluding hydrogens is 462 g/mol. The quantitative estimate of drug-likeness (QED) is 0.204. The molecule has 0 aliphatic heterocycles. The molecule has 0 radical (unpaired) electrons. The number of aliphatic hydroxyl groups excluding tert-OH is 3. The van der Waals surface area contributed by atoms with Gasteiger partial charge in [0.2, 0.25) is 0 Å². The van der Waals surface area contributed by atoms with E-state index in [1.54, 1.807) is 0 Å². The minimum absolute atomic E-state index is 0.178. The number of hydrogen-bond donors (Lipinski definition) is 3. The van der Waals surface area contributed by atoms with E-state index < -0.39 is 35.8 Å². The van der Waals surface area contributed by atoms with Gasteiger partial charge in [0.05, 0.1) is 0 Å². The summed E-state index contributed by atoms with van der Waals surface area (Å²) < 4.78 is 1.88. The van der Waals surface area contributed by atoms with Gasteiger partial charge < -0.3 is 15.3 Å². The molecule has 0 aromatic carbocycles. The van der Waals surface area contributed by atoms with E-state index in [0.717, 1.165) is 77.0 Å². The van der Waals surface area contributed by atoms with Crippen LogP contribution in [0.25, 0.3) is 0 Å². The van der Waals surface area contributed by atoms with Crippen LogP contribution in [0, 0.1) is 0 Å². The normalized spacial score (nSPS) is 14.2. The van der Waals surface area contributed by atoms with Gasteiger partial charge in [0.15, 0.2) is 0 Å². The minimum atomic E-state index is -1.43. The van der Waals surface area contributed by atoms with Crippen LogP contribution in [0.4, 0.5) is 0 Å². The van der Waals surface area contributed by atoms with E-state index in [4.69, 9.17) is 0 Å². The second kappa shape index (κ2) is 18.5. The topological polar surface area (TPSA) is 127 Å². The highest BCUT2D eigenvalue weighted by atomic mass is 16.3. The summed E-state index contributed by atoms with van der Waals surface area (Å²) >= 11 is 0. The van der Waals surface area contributed by atoms with Crippen LogP contribution >= 0.6 is 0 Å². The average Bonchev–Trinajstić information content (AvgIpc) is 2.83. The highest BCUT2D eigenvalue weighted by Crippen LogP contribution is 2.15. The molecule has 210 valence electrons. The van der Waals surface area contributed by atoms with Crippen molar-refractivity contribution in [2.75, 3.05) is 0 Å². The summed E-state index contributed by atoms with van der Waals surface area (Å²) in [7, 11) is 0. The van der Waals surface area contributed by atoms with Gasteiger partial charge in [-0.05, 0) is 38.5 Å². The smallest absolute Gasteiger partial charge is 0.340 e. The van der Waals surface area contributed by atoms with Gasteiger partial charge in [0.25, 0.3) is 0 Å². The molecule has 3 N–H and O–H groups in total. The number of nitrogens with zero attached hydrogens (tertiary/aromatic N) is 3. The summed E-state index contributed by atoms with van der Waals surface area (Å²) in [4.78, 5) is 39.5. The number of hydrogen-bond acceptors (Lipinski definition) is 6. The zero-order valence-corrected chi connectivity index (χ0v) is 22.9. The molecule has 0 bridgehead atoms. The molecule has 9 nitrogen and oxygen atoms in total. The van der Waals surface area contributed by atoms with Crippen molar-refractivity contribution in [1.29, 1.82) is 0 Å². The maximum Gasteiger partial charge on any atom is 0.340 e. The van der Waals surface area contributed by atoms with E-state index >= 15 is 0 Å². The Kier molecular flexibility index (Phi) is 16.6. The van der Waals surface area contributed by atoms with E-state index in [-0.39, 0.29) is 19.3 Å². The summed E-state index contributed by atoms with van der Waals surface area (Å²) in [5.74, 6) is 0. The van der Waals surface area contributed by atoms with Crippen molar-refractivity contribution < 1.29 is 15.3 Å². The van der Waals surface area contributed by atoms with E-state index in [2.05, 4.69) is 20.8 Å². The first-order valence-electron chi connectivity index (χ1n) is 14.3. The molecule has 1 aromatic heterocycles. The first-order chi connectivity index (χ1) is 17.3. The van der Waals surface area contributed by atoms with Crippen LogP contribution in [-0.4, -0.2) is 29.0 Å². The average molecular weight is 514 g/mol. The van der Waals surface area contributed by atoms with Gasteiger partial charge >= 0.3 is 17.1 Å². The summed E-state index contributed by atoms with van der Waals surface area (Å²) in [6, 6.07) is 0. The van der Waals surface area contributed by atoms with Crippen LogP contribution in [-0.2, 0) is 0 Å². The lowest BCUT2D eigenvalue weighted by atomic mass is 10.1. The fourth-order valence-electron chi connectivity index (χ4n) is 4.54. The van der Waals surface area contributed by atoms with E-state index in [1.165, 1.54) is 0 Å². The largest absolute Gasteiger partial charge is 0.373 e. The molecular formula is C27H51N3O6. The standard InChI is InChI=1S/C27H51N3O6/c1-4-7-10-13-16-19-22(31)28-25(34)29(23(32)20-17-14-11-8-5-2)27(36)30(26(28)35)24(33)21-18-15-12-9-6-3/h22-24,31-33H,4-21H2,1-3H3. The van der Waals surface area contributed by atoms with Crippen LogP contribution in [0.15, 0.2) is 14.4 Å². The van der Waals surface area contributed by atoms with Crippen molar-refractivity contribution in [3.63, 3.8) is 0 Å². The molecule has 1 rings (SSSR count). The first-order valence-corrected chi connectivity index (χ1v) is 14.3. The summed E-state index contributed by atoms with van der Waals surface area (Å²) in [6.07, 6.45) is 10.1. The van der Waals surface area contributed by atoms with E-state index in [9.17, 15) is 29.7 Å². The Balaban J connectivity index is 3.23. The summed E-state index contributed by atoms with van der Waals surface area (Å²) in [5.41, 5.74) is -3.09. The number of aromatic nitrogens is 3. The van der Waals surface area contributed by atoms with Crippen LogP contribution in [0.2, 0.25) is 0 Å². The molecule has 1 heterocycles. The highest BCUT2D eigenvalue weighted by molar-refractivity contribution is 4.84. The van der Waals surface area contributed by atoms with Gasteiger partial charge in [0.1, 0.15) is 18.7 Å². The zero-order valence-electron chi connectivity index (χ0n) is 22.9. The van der Waals surface area contributed by atoms with Crippen LogP contribution in [0.5, 0.6) is 0 Å². The van der Waals surface area contributed by atoms with Crippen molar-refractivity contribution in [3.8, 4) is 0 Å². The fourth-order valence-corrected chi connectivity index (χ4v) is 4.54. The molecule has 0 amide bonds. The molecule has 0 spiro atoms. The van der Waals surface area contributed by atoms with Crippen molar-refractivity contribution in [3.05, 3.63) is 31.5 Å². The lowest BCUT2D eigenvalue weighted by Crippen LogP contribution is -2.57. The van der Waals surface area contributed by atoms with Gasteiger partial charge in [0, 0.05) is 0 Å². The van der Waals surface area contributed by atoms with Crippen molar-refractivity contribution >= 4 is 0 Å². The van der Waals surface area contributed by atoms with Crippen molar-refractivity contribution in [2.45, 2.75) is 155 Å². The van der Waals surface area contributed by atoms with Gasteiger partial charge in [-0.25, -0.2) is 28.1 Å². The molecule has 9 heteroatoms. The van der Waals surface area contributed by atoms with E-state index in [1.807, 2.05) is 0 Å². The van der Waals surface area contributed by atoms with Gasteiger partial charge in [-0.3, -0.25) is 0 Å². The lowest BCUT2D eigenvalue weighted by Gasteiger charge is -2.22. The first kappa shape index (κ1) is 32.3. The second-order valence-electron chi connectivity index (χ2n) is 10.0. The van der Waals surface area contributed by atoms with Gasteiger partial charge in [-0.2, -0.15) is 0 Å². The van der Waals surface area contributed by atoms with Crippen molar-refractivity contribution in [1.82, 2.24) is 13.7 Å². The number of rotatable bonds is 21. The maximum absolute atomic E-state index is 13.2. The molecule has 36 heavy (non-hydrogen) atoms. The molecule has 0 fully saturated rings. The summed E-state index contributed by atoms with van der Waals surface area (Å²) in [6.45, 7) is 6.30. The third-order valence-corrected chi connectivity index (χ3v) is 6.83. The number of aliphatic hydroxyl groups is 3. The van der Waals surface area contributed by atoms with Crippen LogP contribution in [0.1, 0.15) is 155 Å². The third-order valence-electron chi connectivity index (χ3n) is 6.83. The maximum atomic E-state index is 13.2. The molecule has 0 aliphatic carbocycles. The molecule has 3 atom stereocenters. The lowest BCUT2D eigenvalue weighted by molar-refractivity contribution is 0.0299. The monoisotopic (exact) mass is 513 g/mol. The molecule has 3 unspecified atom stereocenters. The molecule has 0 saturated heterocycles. The summed E-state index contributed by atoms with van der Waals surface area (Å²) in [5, 5.41) is 32.3. The minimum Gasteiger partial charge on any atom is -0.373 e. The van der Waals surface area contributed by atoms with Gasteiger partial charge in [-0.15, -0.1) is 0 Å². The predicted octanol–water partition coefficient (Wildman–Crippen LogP) is 4.73. The molecule has 0 saturated carbocycles.